The van der Waals surface area contributed by atoms with Crippen LogP contribution in [-0.4, -0.2) is 12.6 Å². The van der Waals surface area contributed by atoms with Crippen molar-refractivity contribution < 1.29 is 22.7 Å². The molecule has 0 aliphatic heterocycles. The lowest BCUT2D eigenvalue weighted by Gasteiger charge is -2.10. The van der Waals surface area contributed by atoms with Gasteiger partial charge in [0, 0.05) is 5.69 Å². The van der Waals surface area contributed by atoms with Crippen LogP contribution in [0.4, 0.5) is 18.9 Å². The van der Waals surface area contributed by atoms with Gasteiger partial charge in [-0.15, -0.1) is 0 Å². The number of carbonyl (C=O) groups excluding carboxylic acids is 1. The maximum Gasteiger partial charge on any atom is 0.416 e. The van der Waals surface area contributed by atoms with Crippen LogP contribution in [0.25, 0.3) is 0 Å². The van der Waals surface area contributed by atoms with Crippen LogP contribution >= 0.6 is 0 Å². The molecule has 2 N–H and O–H groups in total. The molecule has 0 heterocycles. The van der Waals surface area contributed by atoms with Crippen LogP contribution in [-0.2, 0) is 10.9 Å². The minimum Gasteiger partial charge on any atom is -0.462 e. The monoisotopic (exact) mass is 275 g/mol. The molecule has 0 saturated heterocycles. The molecule has 6 heteroatoms. The first-order chi connectivity index (χ1) is 8.86. The largest absolute Gasteiger partial charge is 0.462 e. The number of esters is 1. The Morgan fingerprint density at radius 1 is 1.32 bits per heavy atom. The maximum absolute atomic E-state index is 12.4. The zero-order valence-corrected chi connectivity index (χ0v) is 10.6. The van der Waals surface area contributed by atoms with Gasteiger partial charge in [0.05, 0.1) is 17.7 Å². The zero-order chi connectivity index (χ0) is 14.5. The van der Waals surface area contributed by atoms with Gasteiger partial charge in [0.25, 0.3) is 0 Å². The predicted octanol–water partition coefficient (Wildman–Crippen LogP) is 3.63. The number of hydrogen-bond donors (Lipinski definition) is 1. The van der Waals surface area contributed by atoms with Gasteiger partial charge in [-0.3, -0.25) is 0 Å². The minimum atomic E-state index is -4.47. The SMILES string of the molecule is CCCCCOC(=O)c1ccc(C(F)(F)F)cc1N. The summed E-state index contributed by atoms with van der Waals surface area (Å²) in [5, 5.41) is 0. The van der Waals surface area contributed by atoms with E-state index in [-0.39, 0.29) is 17.9 Å². The normalized spacial score (nSPS) is 11.4. The molecule has 0 atom stereocenters. The molecule has 19 heavy (non-hydrogen) atoms. The summed E-state index contributed by atoms with van der Waals surface area (Å²) < 4.78 is 42.2. The zero-order valence-electron chi connectivity index (χ0n) is 10.6. The highest BCUT2D eigenvalue weighted by atomic mass is 19.4. The van der Waals surface area contributed by atoms with Crippen molar-refractivity contribution in [3.05, 3.63) is 29.3 Å². The highest BCUT2D eigenvalue weighted by Crippen LogP contribution is 2.31. The van der Waals surface area contributed by atoms with Crippen molar-refractivity contribution in [2.75, 3.05) is 12.3 Å². The number of unbranched alkanes of at least 4 members (excludes halogenated alkanes) is 2. The Kier molecular flexibility index (Phi) is 5.20. The first-order valence-electron chi connectivity index (χ1n) is 6.00. The summed E-state index contributed by atoms with van der Waals surface area (Å²) in [5.41, 5.74) is 4.30. The van der Waals surface area contributed by atoms with E-state index in [9.17, 15) is 18.0 Å². The molecule has 0 aliphatic carbocycles. The van der Waals surface area contributed by atoms with Gasteiger partial charge in [-0.25, -0.2) is 4.79 Å². The van der Waals surface area contributed by atoms with Crippen LogP contribution in [0.15, 0.2) is 18.2 Å². The Bertz CT molecular complexity index is 444. The van der Waals surface area contributed by atoms with E-state index in [0.717, 1.165) is 37.5 Å². The lowest BCUT2D eigenvalue weighted by Crippen LogP contribution is -2.12. The van der Waals surface area contributed by atoms with E-state index in [0.29, 0.717) is 0 Å². The van der Waals surface area contributed by atoms with E-state index < -0.39 is 17.7 Å². The van der Waals surface area contributed by atoms with E-state index >= 15 is 0 Å². The number of halogens is 3. The third-order valence-electron chi connectivity index (χ3n) is 2.58. The number of carbonyl (C=O) groups is 1. The average Bonchev–Trinajstić information content (AvgIpc) is 2.33. The molecule has 0 fully saturated rings. The summed E-state index contributed by atoms with van der Waals surface area (Å²) >= 11 is 0. The molecule has 1 aromatic rings. The molecular weight excluding hydrogens is 259 g/mol. The molecule has 0 saturated carbocycles. The van der Waals surface area contributed by atoms with Crippen LogP contribution < -0.4 is 5.73 Å². The lowest BCUT2D eigenvalue weighted by atomic mass is 10.1. The number of ether oxygens (including phenoxy) is 1. The number of anilines is 1. The standard InChI is InChI=1S/C13H16F3NO2/c1-2-3-4-7-19-12(18)10-6-5-9(8-11(10)17)13(14,15)16/h5-6,8H,2-4,7,17H2,1H3. The van der Waals surface area contributed by atoms with Crippen molar-refractivity contribution in [2.24, 2.45) is 0 Å². The van der Waals surface area contributed by atoms with Gasteiger partial charge < -0.3 is 10.5 Å². The smallest absolute Gasteiger partial charge is 0.416 e. The number of rotatable bonds is 5. The van der Waals surface area contributed by atoms with Crippen molar-refractivity contribution in [3.8, 4) is 0 Å². The minimum absolute atomic E-state index is 0.0375. The quantitative estimate of drug-likeness (QED) is 0.507. The number of hydrogen-bond acceptors (Lipinski definition) is 3. The van der Waals surface area contributed by atoms with Crippen molar-refractivity contribution in [3.63, 3.8) is 0 Å². The van der Waals surface area contributed by atoms with E-state index in [1.165, 1.54) is 0 Å². The molecule has 0 aliphatic rings. The first-order valence-corrected chi connectivity index (χ1v) is 6.00. The van der Waals surface area contributed by atoms with Crippen LogP contribution in [0.3, 0.4) is 0 Å². The van der Waals surface area contributed by atoms with E-state index in [1.54, 1.807) is 0 Å². The van der Waals surface area contributed by atoms with Crippen molar-refractivity contribution in [1.82, 2.24) is 0 Å². The highest BCUT2D eigenvalue weighted by molar-refractivity contribution is 5.95. The molecule has 0 bridgehead atoms. The number of nitrogens with two attached hydrogens (primary N) is 1. The maximum atomic E-state index is 12.4. The molecule has 0 radical (unpaired) electrons. The molecule has 0 aromatic heterocycles. The number of benzene rings is 1. The Hall–Kier alpha value is -1.72. The summed E-state index contributed by atoms with van der Waals surface area (Å²) in [6.45, 7) is 2.25. The summed E-state index contributed by atoms with van der Waals surface area (Å²) in [5.74, 6) is -0.692. The third-order valence-corrected chi connectivity index (χ3v) is 2.58. The van der Waals surface area contributed by atoms with Gasteiger partial charge in [-0.2, -0.15) is 13.2 Å². The number of nitrogen functional groups attached to an aromatic ring is 1. The van der Waals surface area contributed by atoms with Crippen LogP contribution in [0.5, 0.6) is 0 Å². The number of alkyl halides is 3. The van der Waals surface area contributed by atoms with Crippen molar-refractivity contribution in [1.29, 1.82) is 0 Å². The third kappa shape index (κ3) is 4.46. The lowest BCUT2D eigenvalue weighted by molar-refractivity contribution is -0.137. The van der Waals surface area contributed by atoms with Gasteiger partial charge >= 0.3 is 12.1 Å². The molecule has 3 nitrogen and oxygen atoms in total. The highest BCUT2D eigenvalue weighted by Gasteiger charge is 2.31. The first kappa shape index (κ1) is 15.3. The van der Waals surface area contributed by atoms with Crippen molar-refractivity contribution in [2.45, 2.75) is 32.4 Å². The second-order valence-electron chi connectivity index (χ2n) is 4.14. The Morgan fingerprint density at radius 2 is 2.00 bits per heavy atom. The molecule has 0 spiro atoms. The molecular formula is C13H16F3NO2. The Labute approximate surface area is 109 Å². The topological polar surface area (TPSA) is 52.3 Å². The average molecular weight is 275 g/mol. The summed E-state index contributed by atoms with van der Waals surface area (Å²) in [6, 6.07) is 2.60. The Morgan fingerprint density at radius 3 is 2.53 bits per heavy atom. The summed E-state index contributed by atoms with van der Waals surface area (Å²) in [4.78, 5) is 11.6. The fourth-order valence-electron chi connectivity index (χ4n) is 1.52. The van der Waals surface area contributed by atoms with Gasteiger partial charge in [-0.05, 0) is 24.6 Å². The Balaban J connectivity index is 2.71. The van der Waals surface area contributed by atoms with E-state index in [2.05, 4.69) is 0 Å². The van der Waals surface area contributed by atoms with Gasteiger partial charge in [0.1, 0.15) is 0 Å². The van der Waals surface area contributed by atoms with Gasteiger partial charge in [0.15, 0.2) is 0 Å². The second-order valence-corrected chi connectivity index (χ2v) is 4.14. The molecule has 1 aromatic carbocycles. The summed E-state index contributed by atoms with van der Waals surface area (Å²) in [7, 11) is 0. The van der Waals surface area contributed by atoms with Crippen LogP contribution in [0.2, 0.25) is 0 Å². The van der Waals surface area contributed by atoms with E-state index in [1.807, 2.05) is 6.92 Å². The van der Waals surface area contributed by atoms with Gasteiger partial charge in [-0.1, -0.05) is 19.8 Å². The molecule has 106 valence electrons. The molecule has 0 unspecified atom stereocenters. The summed E-state index contributed by atoms with van der Waals surface area (Å²) in [6.07, 6.45) is -1.84. The second kappa shape index (κ2) is 6.45. The van der Waals surface area contributed by atoms with E-state index in [4.69, 9.17) is 10.5 Å². The fourth-order valence-corrected chi connectivity index (χ4v) is 1.52. The van der Waals surface area contributed by atoms with Crippen LogP contribution in [0.1, 0.15) is 42.1 Å². The van der Waals surface area contributed by atoms with Crippen molar-refractivity contribution >= 4 is 11.7 Å². The molecule has 1 rings (SSSR count). The fraction of sp³-hybridized carbons (Fsp3) is 0.462. The predicted molar refractivity (Wildman–Crippen MR) is 65.7 cm³/mol. The van der Waals surface area contributed by atoms with Gasteiger partial charge in [0.2, 0.25) is 0 Å². The molecule has 0 amide bonds. The van der Waals surface area contributed by atoms with Crippen LogP contribution in [0, 0.1) is 0 Å².